The summed E-state index contributed by atoms with van der Waals surface area (Å²) in [5, 5.41) is 11.3. The molecular formula is C12H13ClN2O2S. The minimum atomic E-state index is -0.287. The van der Waals surface area contributed by atoms with E-state index in [0.717, 1.165) is 0 Å². The van der Waals surface area contributed by atoms with Gasteiger partial charge >= 0.3 is 0 Å². The van der Waals surface area contributed by atoms with Gasteiger partial charge in [0.1, 0.15) is 5.75 Å². The first-order chi connectivity index (χ1) is 8.58. The van der Waals surface area contributed by atoms with Gasteiger partial charge in [0, 0.05) is 5.69 Å². The molecule has 0 spiro atoms. The van der Waals surface area contributed by atoms with Crippen LogP contribution in [0.1, 0.15) is 6.92 Å². The van der Waals surface area contributed by atoms with Crippen molar-refractivity contribution in [3.05, 3.63) is 23.2 Å². The number of hydrogen-bond acceptors (Lipinski definition) is 4. The van der Waals surface area contributed by atoms with Crippen molar-refractivity contribution in [1.29, 1.82) is 5.26 Å². The van der Waals surface area contributed by atoms with Gasteiger partial charge in [-0.1, -0.05) is 11.6 Å². The van der Waals surface area contributed by atoms with Crippen LogP contribution in [0.25, 0.3) is 0 Å². The molecule has 1 unspecified atom stereocenters. The van der Waals surface area contributed by atoms with Gasteiger partial charge in [0.25, 0.3) is 0 Å². The molecule has 96 valence electrons. The maximum Gasteiger partial charge on any atom is 0.237 e. The number of carbonyl (C=O) groups is 1. The summed E-state index contributed by atoms with van der Waals surface area (Å²) in [6.07, 6.45) is 0. The minimum absolute atomic E-state index is 0.156. The zero-order valence-electron chi connectivity index (χ0n) is 10.1. The fourth-order valence-corrected chi connectivity index (χ4v) is 2.02. The molecule has 0 heterocycles. The summed E-state index contributed by atoms with van der Waals surface area (Å²) in [4.78, 5) is 11.8. The average Bonchev–Trinajstić information content (AvgIpc) is 2.36. The number of nitrogens with zero attached hydrogens (tertiary/aromatic N) is 1. The Balaban J connectivity index is 2.65. The van der Waals surface area contributed by atoms with Crippen LogP contribution < -0.4 is 10.1 Å². The zero-order valence-corrected chi connectivity index (χ0v) is 11.6. The largest absolute Gasteiger partial charge is 0.495 e. The first kappa shape index (κ1) is 14.7. The molecule has 1 atom stereocenters. The SMILES string of the molecule is COc1ccc(NC(=O)C(C)SCC#N)cc1Cl. The van der Waals surface area contributed by atoms with Crippen LogP contribution in [0.5, 0.6) is 5.75 Å². The zero-order chi connectivity index (χ0) is 13.5. The van der Waals surface area contributed by atoms with Crippen molar-refractivity contribution >= 4 is 35.0 Å². The molecule has 0 aliphatic carbocycles. The highest BCUT2D eigenvalue weighted by Crippen LogP contribution is 2.27. The Labute approximate surface area is 115 Å². The van der Waals surface area contributed by atoms with Gasteiger partial charge in [-0.15, -0.1) is 11.8 Å². The van der Waals surface area contributed by atoms with Crippen LogP contribution >= 0.6 is 23.4 Å². The van der Waals surface area contributed by atoms with Crippen LogP contribution in [0.15, 0.2) is 18.2 Å². The van der Waals surface area contributed by atoms with Crippen molar-refractivity contribution in [2.75, 3.05) is 18.2 Å². The van der Waals surface area contributed by atoms with Gasteiger partial charge in [-0.2, -0.15) is 5.26 Å². The molecule has 1 aromatic rings. The van der Waals surface area contributed by atoms with E-state index in [-0.39, 0.29) is 16.9 Å². The number of benzene rings is 1. The maximum absolute atomic E-state index is 11.8. The van der Waals surface area contributed by atoms with Crippen LogP contribution in [0, 0.1) is 11.3 Å². The molecule has 1 N–H and O–H groups in total. The summed E-state index contributed by atoms with van der Waals surface area (Å²) in [6.45, 7) is 1.75. The molecule has 18 heavy (non-hydrogen) atoms. The Hall–Kier alpha value is -1.38. The number of thioether (sulfide) groups is 1. The Morgan fingerprint density at radius 1 is 1.67 bits per heavy atom. The van der Waals surface area contributed by atoms with Gasteiger partial charge in [0.05, 0.1) is 29.2 Å². The maximum atomic E-state index is 11.8. The van der Waals surface area contributed by atoms with Crippen LogP contribution in [0.4, 0.5) is 5.69 Å². The predicted molar refractivity (Wildman–Crippen MR) is 74.2 cm³/mol. The molecule has 1 aromatic carbocycles. The molecule has 6 heteroatoms. The summed E-state index contributed by atoms with van der Waals surface area (Å²) < 4.78 is 5.02. The van der Waals surface area contributed by atoms with E-state index < -0.39 is 0 Å². The second-order valence-electron chi connectivity index (χ2n) is 3.45. The molecule has 0 aliphatic heterocycles. The second-order valence-corrected chi connectivity index (χ2v) is 5.19. The number of hydrogen-bond donors (Lipinski definition) is 1. The Morgan fingerprint density at radius 3 is 2.94 bits per heavy atom. The van der Waals surface area contributed by atoms with E-state index in [1.54, 1.807) is 25.1 Å². The monoisotopic (exact) mass is 284 g/mol. The van der Waals surface area contributed by atoms with Crippen LogP contribution in [-0.2, 0) is 4.79 Å². The molecule has 4 nitrogen and oxygen atoms in total. The van der Waals surface area contributed by atoms with Crippen molar-refractivity contribution in [1.82, 2.24) is 0 Å². The number of amides is 1. The van der Waals surface area contributed by atoms with E-state index in [1.165, 1.54) is 18.9 Å². The molecule has 0 aromatic heterocycles. The highest BCUT2D eigenvalue weighted by Gasteiger charge is 2.13. The number of methoxy groups -OCH3 is 1. The number of nitriles is 1. The molecule has 0 saturated heterocycles. The lowest BCUT2D eigenvalue weighted by Gasteiger charge is -2.11. The smallest absolute Gasteiger partial charge is 0.237 e. The van der Waals surface area contributed by atoms with Gasteiger partial charge in [-0.3, -0.25) is 4.79 Å². The van der Waals surface area contributed by atoms with Gasteiger partial charge in [-0.05, 0) is 25.1 Å². The van der Waals surface area contributed by atoms with Crippen molar-refractivity contribution < 1.29 is 9.53 Å². The lowest BCUT2D eigenvalue weighted by molar-refractivity contribution is -0.115. The standard InChI is InChI=1S/C12H13ClN2O2S/c1-8(18-6-5-14)12(16)15-9-3-4-11(17-2)10(13)7-9/h3-4,7-8H,6H2,1-2H3,(H,15,16). The highest BCUT2D eigenvalue weighted by atomic mass is 35.5. The predicted octanol–water partition coefficient (Wildman–Crippen LogP) is 2.93. The molecule has 0 aliphatic rings. The van der Waals surface area contributed by atoms with Gasteiger partial charge < -0.3 is 10.1 Å². The summed E-state index contributed by atoms with van der Waals surface area (Å²) in [7, 11) is 1.53. The quantitative estimate of drug-likeness (QED) is 0.903. The Kier molecular flexibility index (Phi) is 5.83. The average molecular weight is 285 g/mol. The fourth-order valence-electron chi connectivity index (χ4n) is 1.23. The van der Waals surface area contributed by atoms with Crippen molar-refractivity contribution in [3.8, 4) is 11.8 Å². The van der Waals surface area contributed by atoms with Crippen LogP contribution in [0.3, 0.4) is 0 Å². The fraction of sp³-hybridized carbons (Fsp3) is 0.333. The van der Waals surface area contributed by atoms with E-state index in [0.29, 0.717) is 16.5 Å². The van der Waals surface area contributed by atoms with Crippen LogP contribution in [0.2, 0.25) is 5.02 Å². The molecule has 0 saturated carbocycles. The first-order valence-electron chi connectivity index (χ1n) is 5.21. The Morgan fingerprint density at radius 2 is 2.39 bits per heavy atom. The summed E-state index contributed by atoms with van der Waals surface area (Å²) in [5.74, 6) is 0.691. The molecule has 1 amide bonds. The lowest BCUT2D eigenvalue weighted by atomic mass is 10.3. The third kappa shape index (κ3) is 4.13. The molecule has 1 rings (SSSR count). The minimum Gasteiger partial charge on any atom is -0.495 e. The van der Waals surface area contributed by atoms with Crippen molar-refractivity contribution in [2.24, 2.45) is 0 Å². The third-order valence-electron chi connectivity index (χ3n) is 2.19. The van der Waals surface area contributed by atoms with Crippen LogP contribution in [-0.4, -0.2) is 24.0 Å². The highest BCUT2D eigenvalue weighted by molar-refractivity contribution is 8.00. The lowest BCUT2D eigenvalue weighted by Crippen LogP contribution is -2.22. The summed E-state index contributed by atoms with van der Waals surface area (Å²) >= 11 is 7.24. The molecule has 0 bridgehead atoms. The van der Waals surface area contributed by atoms with E-state index in [1.807, 2.05) is 6.07 Å². The van der Waals surface area contributed by atoms with E-state index in [4.69, 9.17) is 21.6 Å². The van der Waals surface area contributed by atoms with Gasteiger partial charge in [0.2, 0.25) is 5.91 Å². The van der Waals surface area contributed by atoms with E-state index in [9.17, 15) is 4.79 Å². The third-order valence-corrected chi connectivity index (χ3v) is 3.49. The molecule has 0 fully saturated rings. The number of halogens is 1. The number of anilines is 1. The number of ether oxygens (including phenoxy) is 1. The topological polar surface area (TPSA) is 62.1 Å². The second kappa shape index (κ2) is 7.14. The normalized spacial score (nSPS) is 11.4. The number of rotatable bonds is 5. The molecular weight excluding hydrogens is 272 g/mol. The van der Waals surface area contributed by atoms with Gasteiger partial charge in [-0.25, -0.2) is 0 Å². The Bertz CT molecular complexity index is 474. The van der Waals surface area contributed by atoms with E-state index >= 15 is 0 Å². The first-order valence-corrected chi connectivity index (χ1v) is 6.64. The van der Waals surface area contributed by atoms with E-state index in [2.05, 4.69) is 5.32 Å². The number of carbonyl (C=O) groups excluding carboxylic acids is 1. The number of nitrogens with one attached hydrogen (secondary N) is 1. The summed E-state index contributed by atoms with van der Waals surface area (Å²) in [5.41, 5.74) is 0.607. The molecule has 0 radical (unpaired) electrons. The van der Waals surface area contributed by atoms with Crippen molar-refractivity contribution in [3.63, 3.8) is 0 Å². The summed E-state index contributed by atoms with van der Waals surface area (Å²) in [6, 6.07) is 7.01. The van der Waals surface area contributed by atoms with Gasteiger partial charge in [0.15, 0.2) is 0 Å². The van der Waals surface area contributed by atoms with Crippen molar-refractivity contribution in [2.45, 2.75) is 12.2 Å².